The number of hydrogen-bond acceptors (Lipinski definition) is 2. The van der Waals surface area contributed by atoms with Gasteiger partial charge in [-0.05, 0) is 11.6 Å². The third kappa shape index (κ3) is 1.42. The van der Waals surface area contributed by atoms with Crippen molar-refractivity contribution in [3.63, 3.8) is 0 Å². The summed E-state index contributed by atoms with van der Waals surface area (Å²) < 4.78 is 2.11. The lowest BCUT2D eigenvalue weighted by Crippen LogP contribution is -2.10. The molecular formula is C11H14N2S. The maximum atomic E-state index is 5.98. The van der Waals surface area contributed by atoms with Crippen LogP contribution in [0, 0.1) is 0 Å². The predicted molar refractivity (Wildman–Crippen MR) is 63.7 cm³/mol. The molecule has 74 valence electrons. The molecule has 0 amide bonds. The van der Waals surface area contributed by atoms with Gasteiger partial charge in [0.1, 0.15) is 0 Å². The summed E-state index contributed by atoms with van der Waals surface area (Å²) in [5.74, 6) is 0.675. The van der Waals surface area contributed by atoms with Gasteiger partial charge in [-0.15, -0.1) is 0 Å². The fourth-order valence-corrected chi connectivity index (χ4v) is 1.96. The van der Waals surface area contributed by atoms with Crippen LogP contribution in [0.4, 0.5) is 0 Å². The van der Waals surface area contributed by atoms with Crippen LogP contribution in [0.2, 0.25) is 0 Å². The first kappa shape index (κ1) is 9.62. The Morgan fingerprint density at radius 3 is 2.86 bits per heavy atom. The fraction of sp³-hybridized carbons (Fsp3) is 0.273. The molecule has 0 aliphatic carbocycles. The first-order valence-corrected chi connectivity index (χ1v) is 5.27. The Hall–Kier alpha value is -0.930. The summed E-state index contributed by atoms with van der Waals surface area (Å²) >= 11 is 4.23. The molecule has 0 spiro atoms. The highest BCUT2D eigenvalue weighted by Crippen LogP contribution is 2.24. The Balaban J connectivity index is 2.66. The fourth-order valence-electron chi connectivity index (χ4n) is 1.77. The monoisotopic (exact) mass is 206 g/mol. The maximum absolute atomic E-state index is 5.98. The first-order valence-electron chi connectivity index (χ1n) is 4.64. The highest BCUT2D eigenvalue weighted by molar-refractivity contribution is 7.80. The summed E-state index contributed by atoms with van der Waals surface area (Å²) in [4.78, 5) is 0. The van der Waals surface area contributed by atoms with Crippen molar-refractivity contribution < 1.29 is 0 Å². The van der Waals surface area contributed by atoms with Crippen molar-refractivity contribution in [2.75, 3.05) is 5.75 Å². The van der Waals surface area contributed by atoms with Gasteiger partial charge in [-0.1, -0.05) is 18.2 Å². The first-order chi connectivity index (χ1) is 6.74. The summed E-state index contributed by atoms with van der Waals surface area (Å²) in [7, 11) is 2.04. The number of para-hydroxylation sites is 1. The number of rotatable bonds is 2. The Bertz CT molecular complexity index is 447. The van der Waals surface area contributed by atoms with Crippen molar-refractivity contribution in [3.05, 3.63) is 36.0 Å². The van der Waals surface area contributed by atoms with Crippen molar-refractivity contribution in [1.82, 2.24) is 4.57 Å². The highest BCUT2D eigenvalue weighted by Gasteiger charge is 2.11. The normalized spacial score (nSPS) is 13.4. The molecule has 0 fully saturated rings. The molecule has 0 aliphatic heterocycles. The zero-order valence-electron chi connectivity index (χ0n) is 8.14. The van der Waals surface area contributed by atoms with E-state index in [1.54, 1.807) is 0 Å². The largest absolute Gasteiger partial charge is 0.350 e. The van der Waals surface area contributed by atoms with Crippen LogP contribution in [0.5, 0.6) is 0 Å². The van der Waals surface area contributed by atoms with Gasteiger partial charge in [-0.3, -0.25) is 0 Å². The van der Waals surface area contributed by atoms with E-state index in [9.17, 15) is 0 Å². The van der Waals surface area contributed by atoms with Crippen LogP contribution in [0.3, 0.4) is 0 Å². The molecule has 0 saturated heterocycles. The average Bonchev–Trinajstić information content (AvgIpc) is 2.56. The van der Waals surface area contributed by atoms with Crippen molar-refractivity contribution in [3.8, 4) is 0 Å². The average molecular weight is 206 g/mol. The Kier molecular flexibility index (Phi) is 2.52. The number of fused-ring (bicyclic) bond motifs is 1. The van der Waals surface area contributed by atoms with E-state index in [0.717, 1.165) is 0 Å². The lowest BCUT2D eigenvalue weighted by Gasteiger charge is -2.05. The van der Waals surface area contributed by atoms with Gasteiger partial charge in [0.25, 0.3) is 0 Å². The predicted octanol–water partition coefficient (Wildman–Crippen LogP) is 2.11. The smallest absolute Gasteiger partial charge is 0.0481 e. The van der Waals surface area contributed by atoms with Crippen molar-refractivity contribution in [1.29, 1.82) is 0 Å². The van der Waals surface area contributed by atoms with Crippen LogP contribution >= 0.6 is 12.6 Å². The molecule has 14 heavy (non-hydrogen) atoms. The summed E-state index contributed by atoms with van der Waals surface area (Å²) in [6.45, 7) is 0. The van der Waals surface area contributed by atoms with Gasteiger partial charge in [0.2, 0.25) is 0 Å². The highest BCUT2D eigenvalue weighted by atomic mass is 32.1. The number of hydrogen-bond donors (Lipinski definition) is 2. The lowest BCUT2D eigenvalue weighted by atomic mass is 10.1. The van der Waals surface area contributed by atoms with Crippen molar-refractivity contribution >= 4 is 23.5 Å². The van der Waals surface area contributed by atoms with Gasteiger partial charge in [0.05, 0.1) is 0 Å². The summed E-state index contributed by atoms with van der Waals surface area (Å²) in [6, 6.07) is 8.30. The summed E-state index contributed by atoms with van der Waals surface area (Å²) in [6.07, 6.45) is 2.09. The van der Waals surface area contributed by atoms with Gasteiger partial charge in [-0.2, -0.15) is 12.6 Å². The van der Waals surface area contributed by atoms with Crippen LogP contribution in [0.25, 0.3) is 10.9 Å². The van der Waals surface area contributed by atoms with E-state index in [0.29, 0.717) is 5.75 Å². The second kappa shape index (κ2) is 3.67. The molecule has 2 nitrogen and oxygen atoms in total. The van der Waals surface area contributed by atoms with E-state index >= 15 is 0 Å². The number of aromatic nitrogens is 1. The molecule has 2 aromatic rings. The number of benzene rings is 1. The van der Waals surface area contributed by atoms with Crippen LogP contribution in [-0.2, 0) is 7.05 Å². The van der Waals surface area contributed by atoms with Crippen LogP contribution < -0.4 is 5.73 Å². The van der Waals surface area contributed by atoms with Gasteiger partial charge in [0, 0.05) is 35.9 Å². The van der Waals surface area contributed by atoms with Gasteiger partial charge < -0.3 is 10.3 Å². The molecule has 1 aromatic carbocycles. The molecule has 3 heteroatoms. The van der Waals surface area contributed by atoms with Gasteiger partial charge >= 0.3 is 0 Å². The van der Waals surface area contributed by atoms with E-state index in [2.05, 4.69) is 35.5 Å². The molecule has 1 heterocycles. The SMILES string of the molecule is Cn1cc(C(N)CS)c2ccccc21. The minimum absolute atomic E-state index is 0.0180. The third-order valence-electron chi connectivity index (χ3n) is 2.52. The molecule has 0 bridgehead atoms. The topological polar surface area (TPSA) is 30.9 Å². The Morgan fingerprint density at radius 2 is 2.14 bits per heavy atom. The molecule has 2 rings (SSSR count). The number of nitrogens with zero attached hydrogens (tertiary/aromatic N) is 1. The lowest BCUT2D eigenvalue weighted by molar-refractivity contribution is 0.829. The zero-order valence-corrected chi connectivity index (χ0v) is 9.04. The molecule has 0 saturated carbocycles. The van der Waals surface area contributed by atoms with Gasteiger partial charge in [-0.25, -0.2) is 0 Å². The molecule has 1 aromatic heterocycles. The standard InChI is InChI=1S/C11H14N2S/c1-13-6-9(10(12)7-14)8-4-2-3-5-11(8)13/h2-6,10,14H,7,12H2,1H3. The van der Waals surface area contributed by atoms with Crippen LogP contribution in [0.15, 0.2) is 30.5 Å². The molecular weight excluding hydrogens is 192 g/mol. The second-order valence-electron chi connectivity index (χ2n) is 3.50. The summed E-state index contributed by atoms with van der Waals surface area (Å²) in [5.41, 5.74) is 8.38. The van der Waals surface area contributed by atoms with Crippen molar-refractivity contribution in [2.45, 2.75) is 6.04 Å². The van der Waals surface area contributed by atoms with E-state index in [1.165, 1.54) is 16.5 Å². The zero-order chi connectivity index (χ0) is 10.1. The van der Waals surface area contributed by atoms with E-state index < -0.39 is 0 Å². The molecule has 2 N–H and O–H groups in total. The molecule has 1 atom stereocenters. The van der Waals surface area contributed by atoms with Crippen LogP contribution in [-0.4, -0.2) is 10.3 Å². The van der Waals surface area contributed by atoms with E-state index in [4.69, 9.17) is 5.73 Å². The minimum Gasteiger partial charge on any atom is -0.350 e. The quantitative estimate of drug-likeness (QED) is 0.724. The van der Waals surface area contributed by atoms with Crippen molar-refractivity contribution in [2.24, 2.45) is 12.8 Å². The number of nitrogens with two attached hydrogens (primary N) is 1. The second-order valence-corrected chi connectivity index (χ2v) is 3.87. The molecule has 0 radical (unpaired) electrons. The molecule has 1 unspecified atom stereocenters. The number of aryl methyl sites for hydroxylation is 1. The van der Waals surface area contributed by atoms with E-state index in [1.807, 2.05) is 19.2 Å². The minimum atomic E-state index is 0.0180. The van der Waals surface area contributed by atoms with Gasteiger partial charge in [0.15, 0.2) is 0 Å². The van der Waals surface area contributed by atoms with E-state index in [-0.39, 0.29) is 6.04 Å². The van der Waals surface area contributed by atoms with Crippen LogP contribution in [0.1, 0.15) is 11.6 Å². The Morgan fingerprint density at radius 1 is 1.43 bits per heavy atom. The number of thiol groups is 1. The molecule has 0 aliphatic rings. The Labute approximate surface area is 89.1 Å². The summed E-state index contributed by atoms with van der Waals surface area (Å²) in [5, 5.41) is 1.23. The maximum Gasteiger partial charge on any atom is 0.0481 e. The third-order valence-corrected chi connectivity index (χ3v) is 2.92.